The van der Waals surface area contributed by atoms with Crippen molar-refractivity contribution in [2.24, 2.45) is 0 Å². The molecule has 0 spiro atoms. The Balaban J connectivity index is 2.21. The van der Waals surface area contributed by atoms with E-state index in [4.69, 9.17) is 9.47 Å². The van der Waals surface area contributed by atoms with E-state index in [0.717, 1.165) is 36.6 Å². The Bertz CT molecular complexity index is 431. The van der Waals surface area contributed by atoms with Gasteiger partial charge in [-0.25, -0.2) is 0 Å². The van der Waals surface area contributed by atoms with Gasteiger partial charge in [0.2, 0.25) is 0 Å². The molecular formula is C16H25NO2S. The highest BCUT2D eigenvalue weighted by Gasteiger charge is 2.18. The van der Waals surface area contributed by atoms with E-state index >= 15 is 0 Å². The second-order valence-corrected chi connectivity index (χ2v) is 6.30. The minimum Gasteiger partial charge on any atom is -0.496 e. The van der Waals surface area contributed by atoms with Crippen molar-refractivity contribution in [3.8, 4) is 11.5 Å². The molecule has 1 aliphatic heterocycles. The lowest BCUT2D eigenvalue weighted by Crippen LogP contribution is -2.23. The molecule has 3 nitrogen and oxygen atoms in total. The summed E-state index contributed by atoms with van der Waals surface area (Å²) in [4.78, 5) is 1.18. The summed E-state index contributed by atoms with van der Waals surface area (Å²) in [6.07, 6.45) is 4.69. The number of methoxy groups -OCH3 is 2. The standard InChI is InChI=1S/C16H25NO2S/c1-4-8-20-16-11-14(18-2)12(10-15(16)19-3)9-13-6-5-7-17-13/h10-11,13,17H,4-9H2,1-3H3. The molecular weight excluding hydrogens is 270 g/mol. The van der Waals surface area contributed by atoms with Gasteiger partial charge in [0.05, 0.1) is 19.1 Å². The zero-order chi connectivity index (χ0) is 14.4. The summed E-state index contributed by atoms with van der Waals surface area (Å²) < 4.78 is 11.1. The maximum atomic E-state index is 5.58. The topological polar surface area (TPSA) is 30.5 Å². The molecule has 0 amide bonds. The molecule has 0 radical (unpaired) electrons. The Hall–Kier alpha value is -0.870. The molecule has 2 rings (SSSR count). The molecule has 0 bridgehead atoms. The quantitative estimate of drug-likeness (QED) is 0.780. The predicted octanol–water partition coefficient (Wildman–Crippen LogP) is 3.50. The maximum absolute atomic E-state index is 5.58. The summed E-state index contributed by atoms with van der Waals surface area (Å²) >= 11 is 1.83. The minimum absolute atomic E-state index is 0.572. The maximum Gasteiger partial charge on any atom is 0.132 e. The molecule has 1 N–H and O–H groups in total. The van der Waals surface area contributed by atoms with Crippen LogP contribution in [0.4, 0.5) is 0 Å². The van der Waals surface area contributed by atoms with Crippen LogP contribution >= 0.6 is 11.8 Å². The Morgan fingerprint density at radius 2 is 2.05 bits per heavy atom. The molecule has 1 atom stereocenters. The van der Waals surface area contributed by atoms with Crippen molar-refractivity contribution in [2.75, 3.05) is 26.5 Å². The SMILES string of the molecule is CCCSc1cc(OC)c(CC2CCCN2)cc1OC. The molecule has 0 saturated carbocycles. The number of rotatable bonds is 7. The number of hydrogen-bond donors (Lipinski definition) is 1. The van der Waals surface area contributed by atoms with Crippen molar-refractivity contribution in [2.45, 2.75) is 43.5 Å². The predicted molar refractivity (Wildman–Crippen MR) is 85.3 cm³/mol. The van der Waals surface area contributed by atoms with Crippen molar-refractivity contribution >= 4 is 11.8 Å². The first-order valence-corrected chi connectivity index (χ1v) is 8.38. The van der Waals surface area contributed by atoms with Crippen LogP contribution in [0.25, 0.3) is 0 Å². The van der Waals surface area contributed by atoms with E-state index in [1.54, 1.807) is 14.2 Å². The fraction of sp³-hybridized carbons (Fsp3) is 0.625. The number of hydrogen-bond acceptors (Lipinski definition) is 4. The van der Waals surface area contributed by atoms with Gasteiger partial charge in [0.15, 0.2) is 0 Å². The highest BCUT2D eigenvalue weighted by molar-refractivity contribution is 7.99. The number of benzene rings is 1. The van der Waals surface area contributed by atoms with Gasteiger partial charge in [-0.2, -0.15) is 0 Å². The lowest BCUT2D eigenvalue weighted by Gasteiger charge is -2.17. The summed E-state index contributed by atoms with van der Waals surface area (Å²) in [6.45, 7) is 3.32. The smallest absolute Gasteiger partial charge is 0.132 e. The summed E-state index contributed by atoms with van der Waals surface area (Å²) in [5, 5.41) is 3.54. The number of thioether (sulfide) groups is 1. The minimum atomic E-state index is 0.572. The second-order valence-electron chi connectivity index (χ2n) is 5.16. The molecule has 4 heteroatoms. The van der Waals surface area contributed by atoms with Gasteiger partial charge in [-0.05, 0) is 55.7 Å². The summed E-state index contributed by atoms with van der Waals surface area (Å²) in [7, 11) is 3.50. The van der Waals surface area contributed by atoms with E-state index in [1.807, 2.05) is 11.8 Å². The average Bonchev–Trinajstić information content (AvgIpc) is 2.98. The molecule has 0 aliphatic carbocycles. The fourth-order valence-corrected chi connectivity index (χ4v) is 3.51. The van der Waals surface area contributed by atoms with Gasteiger partial charge in [0.1, 0.15) is 11.5 Å². The zero-order valence-electron chi connectivity index (χ0n) is 12.7. The summed E-state index contributed by atoms with van der Waals surface area (Å²) in [5.74, 6) is 3.05. The molecule has 1 heterocycles. The largest absolute Gasteiger partial charge is 0.496 e. The monoisotopic (exact) mass is 295 g/mol. The Morgan fingerprint density at radius 3 is 2.65 bits per heavy atom. The van der Waals surface area contributed by atoms with E-state index in [1.165, 1.54) is 23.3 Å². The normalized spacial score (nSPS) is 18.2. The van der Waals surface area contributed by atoms with Crippen LogP contribution in [0.5, 0.6) is 11.5 Å². The van der Waals surface area contributed by atoms with Crippen molar-refractivity contribution in [3.63, 3.8) is 0 Å². The lowest BCUT2D eigenvalue weighted by molar-refractivity contribution is 0.388. The van der Waals surface area contributed by atoms with Gasteiger partial charge in [-0.1, -0.05) is 6.92 Å². The van der Waals surface area contributed by atoms with Crippen LogP contribution < -0.4 is 14.8 Å². The van der Waals surface area contributed by atoms with Crippen molar-refractivity contribution in [1.82, 2.24) is 5.32 Å². The van der Waals surface area contributed by atoms with Gasteiger partial charge in [-0.3, -0.25) is 0 Å². The first-order valence-electron chi connectivity index (χ1n) is 7.39. The van der Waals surface area contributed by atoms with Gasteiger partial charge in [0.25, 0.3) is 0 Å². The van der Waals surface area contributed by atoms with E-state index in [0.29, 0.717) is 6.04 Å². The third-order valence-corrected chi connectivity index (χ3v) is 4.90. The summed E-state index contributed by atoms with van der Waals surface area (Å²) in [5.41, 5.74) is 1.24. The molecule has 1 aromatic rings. The molecule has 1 fully saturated rings. The summed E-state index contributed by atoms with van der Waals surface area (Å²) in [6, 6.07) is 4.85. The van der Waals surface area contributed by atoms with Gasteiger partial charge in [0, 0.05) is 6.04 Å². The number of ether oxygens (including phenoxy) is 2. The molecule has 1 aliphatic rings. The first kappa shape index (κ1) is 15.5. The van der Waals surface area contributed by atoms with Crippen molar-refractivity contribution in [3.05, 3.63) is 17.7 Å². The molecule has 0 aromatic heterocycles. The average molecular weight is 295 g/mol. The molecule has 1 saturated heterocycles. The van der Waals surface area contributed by atoms with Gasteiger partial charge >= 0.3 is 0 Å². The van der Waals surface area contributed by atoms with E-state index < -0.39 is 0 Å². The molecule has 1 aromatic carbocycles. The molecule has 1 unspecified atom stereocenters. The third kappa shape index (κ3) is 3.83. The van der Waals surface area contributed by atoms with Crippen LogP contribution in [0.15, 0.2) is 17.0 Å². The second kappa shape index (κ2) is 7.79. The fourth-order valence-electron chi connectivity index (χ4n) is 2.61. The van der Waals surface area contributed by atoms with Gasteiger partial charge < -0.3 is 14.8 Å². The van der Waals surface area contributed by atoms with Crippen LogP contribution in [-0.4, -0.2) is 32.6 Å². The van der Waals surface area contributed by atoms with Crippen LogP contribution in [0, 0.1) is 0 Å². The highest BCUT2D eigenvalue weighted by Crippen LogP contribution is 2.36. The van der Waals surface area contributed by atoms with Crippen LogP contribution in [0.1, 0.15) is 31.7 Å². The Morgan fingerprint density at radius 1 is 1.25 bits per heavy atom. The Kier molecular flexibility index (Phi) is 6.05. The van der Waals surface area contributed by atoms with Crippen molar-refractivity contribution < 1.29 is 9.47 Å². The van der Waals surface area contributed by atoms with Crippen LogP contribution in [-0.2, 0) is 6.42 Å². The van der Waals surface area contributed by atoms with E-state index in [9.17, 15) is 0 Å². The lowest BCUT2D eigenvalue weighted by atomic mass is 10.0. The molecule has 112 valence electrons. The van der Waals surface area contributed by atoms with Crippen LogP contribution in [0.3, 0.4) is 0 Å². The van der Waals surface area contributed by atoms with E-state index in [-0.39, 0.29) is 0 Å². The van der Waals surface area contributed by atoms with E-state index in [2.05, 4.69) is 24.4 Å². The van der Waals surface area contributed by atoms with Crippen LogP contribution in [0.2, 0.25) is 0 Å². The third-order valence-electron chi connectivity index (χ3n) is 3.66. The first-order chi connectivity index (χ1) is 9.78. The molecule has 20 heavy (non-hydrogen) atoms. The zero-order valence-corrected chi connectivity index (χ0v) is 13.5. The number of nitrogens with one attached hydrogen (secondary N) is 1. The Labute approximate surface area is 126 Å². The highest BCUT2D eigenvalue weighted by atomic mass is 32.2. The van der Waals surface area contributed by atoms with Crippen molar-refractivity contribution in [1.29, 1.82) is 0 Å². The van der Waals surface area contributed by atoms with Gasteiger partial charge in [-0.15, -0.1) is 11.8 Å².